The van der Waals surface area contributed by atoms with Gasteiger partial charge in [-0.05, 0) is 67.9 Å². The van der Waals surface area contributed by atoms with Crippen LogP contribution in [0.2, 0.25) is 0 Å². The fraction of sp³-hybridized carbons (Fsp3) is 0.467. The third-order valence-electron chi connectivity index (χ3n) is 8.42. The van der Waals surface area contributed by atoms with Gasteiger partial charge >= 0.3 is 17.9 Å². The standard InChI is InChI=1S/C30H36N6O6/c1-19-15-20(17-25-26(19)33-29(39)41-25)16-24(27(37)34-11-5-2-6-12-34)32-30(40)42-35-13-9-22(10-14-35)36-18-21-7-3-4-8-23(21)31-28(36)38/h3-4,7-8,15,17,22,24H,2,5-6,9-14,16,18H2,1H3,(H,31,38)(H,32,40)(H,33,39). The largest absolute Gasteiger partial charge is 0.426 e. The number of nitrogens with one attached hydrogen (secondary N) is 3. The van der Waals surface area contributed by atoms with Crippen molar-refractivity contribution < 1.29 is 23.6 Å². The molecule has 222 valence electrons. The summed E-state index contributed by atoms with van der Waals surface area (Å²) in [6.07, 6.45) is 3.77. The number of H-pyrrole nitrogens is 1. The summed E-state index contributed by atoms with van der Waals surface area (Å²) >= 11 is 0. The Kier molecular flexibility index (Phi) is 7.88. The van der Waals surface area contributed by atoms with E-state index in [2.05, 4.69) is 15.6 Å². The van der Waals surface area contributed by atoms with Crippen LogP contribution in [0.5, 0.6) is 0 Å². The summed E-state index contributed by atoms with van der Waals surface area (Å²) in [5.74, 6) is -0.697. The van der Waals surface area contributed by atoms with Gasteiger partial charge in [0.25, 0.3) is 0 Å². The average Bonchev–Trinajstić information content (AvgIpc) is 3.37. The van der Waals surface area contributed by atoms with Gasteiger partial charge in [0.1, 0.15) is 6.04 Å². The van der Waals surface area contributed by atoms with Gasteiger partial charge in [-0.3, -0.25) is 9.78 Å². The van der Waals surface area contributed by atoms with Crippen molar-refractivity contribution >= 4 is 34.8 Å². The Labute approximate surface area is 242 Å². The van der Waals surface area contributed by atoms with Gasteiger partial charge in [0.2, 0.25) is 5.91 Å². The minimum absolute atomic E-state index is 0.0290. The molecule has 3 aromatic rings. The van der Waals surface area contributed by atoms with E-state index in [1.165, 1.54) is 0 Å². The van der Waals surface area contributed by atoms with Gasteiger partial charge in [0.15, 0.2) is 5.58 Å². The molecule has 0 aliphatic carbocycles. The molecule has 0 spiro atoms. The van der Waals surface area contributed by atoms with Gasteiger partial charge in [-0.1, -0.05) is 24.3 Å². The third-order valence-corrected chi connectivity index (χ3v) is 8.42. The van der Waals surface area contributed by atoms with E-state index in [0.29, 0.717) is 56.7 Å². The first-order valence-electron chi connectivity index (χ1n) is 14.6. The van der Waals surface area contributed by atoms with E-state index in [0.717, 1.165) is 41.6 Å². The Morgan fingerprint density at radius 3 is 2.62 bits per heavy atom. The van der Waals surface area contributed by atoms with Gasteiger partial charge in [-0.15, -0.1) is 5.06 Å². The van der Waals surface area contributed by atoms with Crippen LogP contribution in [0.4, 0.5) is 15.3 Å². The second-order valence-electron chi connectivity index (χ2n) is 11.3. The molecule has 4 heterocycles. The fourth-order valence-electron chi connectivity index (χ4n) is 6.23. The lowest BCUT2D eigenvalue weighted by Gasteiger charge is -2.39. The van der Waals surface area contributed by atoms with Gasteiger partial charge in [-0.2, -0.15) is 0 Å². The first kappa shape index (κ1) is 27.8. The minimum atomic E-state index is -0.840. The smallest absolute Gasteiger partial charge is 0.408 e. The molecular weight excluding hydrogens is 540 g/mol. The zero-order valence-electron chi connectivity index (χ0n) is 23.7. The van der Waals surface area contributed by atoms with Crippen molar-refractivity contribution in [2.75, 3.05) is 31.5 Å². The maximum absolute atomic E-state index is 13.5. The van der Waals surface area contributed by atoms with E-state index in [9.17, 15) is 19.2 Å². The SMILES string of the molecule is Cc1cc(CC(NC(=O)ON2CCC(N3Cc4ccccc4NC3=O)CC2)C(=O)N2CCCCC2)cc2oc(=O)[nH]c12. The number of piperidine rings is 2. The summed E-state index contributed by atoms with van der Waals surface area (Å²) in [5.41, 5.74) is 4.53. The number of benzene rings is 2. The number of amides is 4. The van der Waals surface area contributed by atoms with Crippen LogP contribution in [-0.4, -0.2) is 76.1 Å². The van der Waals surface area contributed by atoms with Crippen molar-refractivity contribution in [1.29, 1.82) is 0 Å². The zero-order chi connectivity index (χ0) is 29.2. The highest BCUT2D eigenvalue weighted by Gasteiger charge is 2.33. The van der Waals surface area contributed by atoms with Crippen molar-refractivity contribution in [1.82, 2.24) is 25.2 Å². The predicted octanol–water partition coefficient (Wildman–Crippen LogP) is 3.51. The van der Waals surface area contributed by atoms with E-state index >= 15 is 0 Å². The van der Waals surface area contributed by atoms with Crippen LogP contribution >= 0.6 is 0 Å². The van der Waals surface area contributed by atoms with Gasteiger partial charge in [0.05, 0.1) is 5.52 Å². The third kappa shape index (κ3) is 5.98. The van der Waals surface area contributed by atoms with Crippen LogP contribution in [-0.2, 0) is 22.6 Å². The Morgan fingerprint density at radius 1 is 1.07 bits per heavy atom. The Bertz CT molecular complexity index is 1530. The van der Waals surface area contributed by atoms with Crippen LogP contribution < -0.4 is 16.4 Å². The first-order chi connectivity index (χ1) is 20.3. The van der Waals surface area contributed by atoms with Crippen LogP contribution in [0.1, 0.15) is 48.8 Å². The lowest BCUT2D eigenvalue weighted by atomic mass is 10.0. The number of aromatic nitrogens is 1. The van der Waals surface area contributed by atoms with Crippen LogP contribution in [0.3, 0.4) is 0 Å². The molecular formula is C30H36N6O6. The maximum Gasteiger partial charge on any atom is 0.426 e. The van der Waals surface area contributed by atoms with Crippen LogP contribution in [0.15, 0.2) is 45.6 Å². The number of carbonyl (C=O) groups excluding carboxylic acids is 3. The molecule has 3 aliphatic rings. The highest BCUT2D eigenvalue weighted by molar-refractivity contribution is 5.92. The van der Waals surface area contributed by atoms with E-state index < -0.39 is 17.9 Å². The molecule has 12 nitrogen and oxygen atoms in total. The summed E-state index contributed by atoms with van der Waals surface area (Å²) in [5, 5.41) is 7.36. The topological polar surface area (TPSA) is 140 Å². The summed E-state index contributed by atoms with van der Waals surface area (Å²) in [6, 6.07) is 10.5. The van der Waals surface area contributed by atoms with E-state index in [1.807, 2.05) is 42.2 Å². The summed E-state index contributed by atoms with van der Waals surface area (Å²) in [7, 11) is 0. The maximum atomic E-state index is 13.5. The molecule has 3 aliphatic heterocycles. The number of oxazole rings is 1. The molecule has 0 radical (unpaired) electrons. The number of hydroxylamine groups is 2. The number of likely N-dealkylation sites (tertiary alicyclic amines) is 1. The van der Waals surface area contributed by atoms with Crippen molar-refractivity contribution in [3.05, 3.63) is 63.6 Å². The number of rotatable bonds is 6. The first-order valence-corrected chi connectivity index (χ1v) is 14.6. The fourth-order valence-corrected chi connectivity index (χ4v) is 6.23. The Hall–Kier alpha value is -4.32. The lowest BCUT2D eigenvalue weighted by Crippen LogP contribution is -2.53. The molecule has 42 heavy (non-hydrogen) atoms. The number of nitrogens with zero attached hydrogens (tertiary/aromatic N) is 3. The summed E-state index contributed by atoms with van der Waals surface area (Å²) in [4.78, 5) is 63.0. The number of aryl methyl sites for hydroxylation is 1. The van der Waals surface area contributed by atoms with Crippen molar-refractivity contribution in [3.63, 3.8) is 0 Å². The highest BCUT2D eigenvalue weighted by atomic mass is 16.7. The summed E-state index contributed by atoms with van der Waals surface area (Å²) < 4.78 is 5.25. The molecule has 2 aromatic carbocycles. The number of aromatic amines is 1. The number of anilines is 1. The molecule has 2 fully saturated rings. The molecule has 12 heteroatoms. The summed E-state index contributed by atoms with van der Waals surface area (Å²) in [6.45, 7) is 4.65. The Morgan fingerprint density at radius 2 is 1.83 bits per heavy atom. The lowest BCUT2D eigenvalue weighted by molar-refractivity contribution is -0.136. The van der Waals surface area contributed by atoms with E-state index in [1.54, 1.807) is 16.0 Å². The minimum Gasteiger partial charge on any atom is -0.408 e. The molecule has 0 saturated carbocycles. The molecule has 1 atom stereocenters. The van der Waals surface area contributed by atoms with E-state index in [-0.39, 0.29) is 24.4 Å². The average molecular weight is 577 g/mol. The predicted molar refractivity (Wildman–Crippen MR) is 155 cm³/mol. The molecule has 1 unspecified atom stereocenters. The molecule has 1 aromatic heterocycles. The number of hydrogen-bond acceptors (Lipinski definition) is 7. The van der Waals surface area contributed by atoms with Gasteiger partial charge < -0.3 is 29.7 Å². The van der Waals surface area contributed by atoms with Crippen LogP contribution in [0.25, 0.3) is 11.1 Å². The van der Waals surface area contributed by atoms with Gasteiger partial charge in [-0.25, -0.2) is 14.4 Å². The number of hydrogen-bond donors (Lipinski definition) is 3. The molecule has 0 bridgehead atoms. The Balaban J connectivity index is 1.09. The zero-order valence-corrected chi connectivity index (χ0v) is 23.7. The number of fused-ring (bicyclic) bond motifs is 2. The highest BCUT2D eigenvalue weighted by Crippen LogP contribution is 2.28. The normalized spacial score (nSPS) is 18.8. The number of urea groups is 1. The van der Waals surface area contributed by atoms with Gasteiger partial charge in [0, 0.05) is 50.9 Å². The quantitative estimate of drug-likeness (QED) is 0.408. The van der Waals surface area contributed by atoms with Crippen molar-refractivity contribution in [2.45, 2.75) is 64.1 Å². The number of carbonyl (C=O) groups is 3. The molecule has 2 saturated heterocycles. The molecule has 6 rings (SSSR count). The second kappa shape index (κ2) is 11.9. The van der Waals surface area contributed by atoms with Crippen molar-refractivity contribution in [2.24, 2.45) is 0 Å². The van der Waals surface area contributed by atoms with Crippen LogP contribution in [0, 0.1) is 6.92 Å². The second-order valence-corrected chi connectivity index (χ2v) is 11.3. The number of para-hydroxylation sites is 1. The van der Waals surface area contributed by atoms with Crippen molar-refractivity contribution in [3.8, 4) is 0 Å². The monoisotopic (exact) mass is 576 g/mol. The molecule has 4 amide bonds. The molecule has 3 N–H and O–H groups in total. The van der Waals surface area contributed by atoms with E-state index in [4.69, 9.17) is 9.25 Å².